The summed E-state index contributed by atoms with van der Waals surface area (Å²) in [6.07, 6.45) is -0.557. The topological polar surface area (TPSA) is 77.3 Å². The molecule has 1 atom stereocenters. The van der Waals surface area contributed by atoms with Crippen LogP contribution in [0.25, 0.3) is 0 Å². The zero-order valence-corrected chi connectivity index (χ0v) is 18.0. The first-order chi connectivity index (χ1) is 15.7. The molecule has 6 heteroatoms. The van der Waals surface area contributed by atoms with E-state index >= 15 is 0 Å². The largest absolute Gasteiger partial charge is 0.487 e. The third-order valence-corrected chi connectivity index (χ3v) is 4.72. The second kappa shape index (κ2) is 12.3. The maximum absolute atomic E-state index is 11.3. The minimum Gasteiger partial charge on any atom is -0.487 e. The van der Waals surface area contributed by atoms with E-state index in [0.29, 0.717) is 31.1 Å². The first kappa shape index (κ1) is 23.0. The Balaban J connectivity index is 1.62. The van der Waals surface area contributed by atoms with Crippen molar-refractivity contribution in [3.05, 3.63) is 102 Å². The number of carboxylic acids is 1. The normalized spacial score (nSPS) is 12.2. The van der Waals surface area contributed by atoms with Crippen LogP contribution in [0.4, 0.5) is 0 Å². The van der Waals surface area contributed by atoms with Gasteiger partial charge >= 0.3 is 5.97 Å². The van der Waals surface area contributed by atoms with Crippen molar-refractivity contribution in [3.8, 4) is 5.75 Å². The Morgan fingerprint density at radius 3 is 2.19 bits per heavy atom. The van der Waals surface area contributed by atoms with E-state index in [2.05, 4.69) is 5.16 Å². The van der Waals surface area contributed by atoms with E-state index in [1.807, 2.05) is 84.9 Å². The van der Waals surface area contributed by atoms with E-state index in [-0.39, 0.29) is 6.61 Å². The first-order valence-electron chi connectivity index (χ1n) is 10.5. The molecular weight excluding hydrogens is 406 g/mol. The minimum atomic E-state index is -0.966. The molecule has 0 fully saturated rings. The molecule has 0 amide bonds. The summed E-state index contributed by atoms with van der Waals surface area (Å²) in [6.45, 7) is 2.74. The Morgan fingerprint density at radius 2 is 1.56 bits per heavy atom. The highest BCUT2D eigenvalue weighted by atomic mass is 16.6. The van der Waals surface area contributed by atoms with Crippen LogP contribution in [0.5, 0.6) is 5.75 Å². The maximum Gasteiger partial charge on any atom is 0.333 e. The zero-order chi connectivity index (χ0) is 22.6. The number of carboxylic acid groups (broad SMARTS) is 1. The van der Waals surface area contributed by atoms with Crippen LogP contribution >= 0.6 is 0 Å². The molecule has 32 heavy (non-hydrogen) atoms. The van der Waals surface area contributed by atoms with Crippen molar-refractivity contribution in [2.24, 2.45) is 5.16 Å². The lowest BCUT2D eigenvalue weighted by molar-refractivity contribution is -0.149. The molecule has 0 saturated heterocycles. The summed E-state index contributed by atoms with van der Waals surface area (Å²) in [5.41, 5.74) is 3.49. The Hall–Kier alpha value is -3.64. The summed E-state index contributed by atoms with van der Waals surface area (Å²) in [7, 11) is 0. The molecule has 3 rings (SSSR count). The Bertz CT molecular complexity index is 988. The molecule has 3 aromatic carbocycles. The lowest BCUT2D eigenvalue weighted by atomic mass is 10.1. The predicted molar refractivity (Wildman–Crippen MR) is 123 cm³/mol. The van der Waals surface area contributed by atoms with Crippen LogP contribution in [0, 0.1) is 0 Å². The number of carbonyl (C=O) groups is 1. The summed E-state index contributed by atoms with van der Waals surface area (Å²) < 4.78 is 11.2. The number of nitrogens with zero attached hydrogens (tertiary/aromatic N) is 1. The molecule has 3 aromatic rings. The molecule has 1 unspecified atom stereocenters. The summed E-state index contributed by atoms with van der Waals surface area (Å²) >= 11 is 0. The van der Waals surface area contributed by atoms with Gasteiger partial charge < -0.3 is 19.4 Å². The average molecular weight is 434 g/mol. The molecule has 0 aliphatic rings. The van der Waals surface area contributed by atoms with Crippen LogP contribution in [0.3, 0.4) is 0 Å². The van der Waals surface area contributed by atoms with Crippen molar-refractivity contribution in [3.63, 3.8) is 0 Å². The van der Waals surface area contributed by atoms with E-state index in [9.17, 15) is 9.90 Å². The number of hydrogen-bond acceptors (Lipinski definition) is 5. The number of benzene rings is 3. The quantitative estimate of drug-likeness (QED) is 0.330. The fraction of sp³-hybridized carbons (Fsp3) is 0.231. The Labute approximate surface area is 188 Å². The lowest BCUT2D eigenvalue weighted by Gasteiger charge is -2.13. The third kappa shape index (κ3) is 7.25. The van der Waals surface area contributed by atoms with Crippen LogP contribution < -0.4 is 4.74 Å². The summed E-state index contributed by atoms with van der Waals surface area (Å²) in [4.78, 5) is 16.8. The smallest absolute Gasteiger partial charge is 0.333 e. The van der Waals surface area contributed by atoms with E-state index in [4.69, 9.17) is 14.3 Å². The van der Waals surface area contributed by atoms with E-state index in [0.717, 1.165) is 16.7 Å². The Morgan fingerprint density at radius 1 is 0.906 bits per heavy atom. The molecule has 6 nitrogen and oxygen atoms in total. The summed E-state index contributed by atoms with van der Waals surface area (Å²) in [6, 6.07) is 26.9. The molecule has 0 aliphatic carbocycles. The van der Waals surface area contributed by atoms with Gasteiger partial charge in [-0.3, -0.25) is 0 Å². The second-order valence-corrected chi connectivity index (χ2v) is 7.08. The molecule has 0 spiro atoms. The average Bonchev–Trinajstić information content (AvgIpc) is 2.83. The van der Waals surface area contributed by atoms with Crippen LogP contribution in [0.15, 0.2) is 90.1 Å². The van der Waals surface area contributed by atoms with Crippen LogP contribution in [0.2, 0.25) is 0 Å². The van der Waals surface area contributed by atoms with E-state index in [1.54, 1.807) is 6.92 Å². The number of ether oxygens (including phenoxy) is 2. The van der Waals surface area contributed by atoms with Crippen molar-refractivity contribution in [2.75, 3.05) is 13.2 Å². The second-order valence-electron chi connectivity index (χ2n) is 7.08. The molecule has 0 radical (unpaired) electrons. The van der Waals surface area contributed by atoms with E-state index in [1.165, 1.54) is 0 Å². The van der Waals surface area contributed by atoms with Crippen LogP contribution in [-0.4, -0.2) is 36.1 Å². The van der Waals surface area contributed by atoms with Gasteiger partial charge in [0.25, 0.3) is 0 Å². The SMILES string of the molecule is CCOC(Cc1ccc(OC/C(=N\OCc2ccccc2)c2ccccc2)cc1)C(=O)O. The van der Waals surface area contributed by atoms with Gasteiger partial charge in [0, 0.05) is 18.6 Å². The molecule has 0 bridgehead atoms. The highest BCUT2D eigenvalue weighted by Crippen LogP contribution is 2.16. The van der Waals surface area contributed by atoms with Crippen molar-refractivity contribution < 1.29 is 24.2 Å². The van der Waals surface area contributed by atoms with Crippen molar-refractivity contribution in [1.29, 1.82) is 0 Å². The zero-order valence-electron chi connectivity index (χ0n) is 18.0. The highest BCUT2D eigenvalue weighted by Gasteiger charge is 2.17. The molecule has 0 saturated carbocycles. The molecule has 1 N–H and O–H groups in total. The number of rotatable bonds is 12. The number of oxime groups is 1. The fourth-order valence-electron chi connectivity index (χ4n) is 3.06. The van der Waals surface area contributed by atoms with Gasteiger partial charge in [-0.15, -0.1) is 0 Å². The van der Waals surface area contributed by atoms with Crippen LogP contribution in [-0.2, 0) is 27.4 Å². The maximum atomic E-state index is 11.3. The molecule has 0 aromatic heterocycles. The van der Waals surface area contributed by atoms with Gasteiger partial charge in [-0.05, 0) is 30.2 Å². The van der Waals surface area contributed by atoms with Crippen molar-refractivity contribution in [1.82, 2.24) is 0 Å². The lowest BCUT2D eigenvalue weighted by Crippen LogP contribution is -2.26. The third-order valence-electron chi connectivity index (χ3n) is 4.72. The fourth-order valence-corrected chi connectivity index (χ4v) is 3.06. The van der Waals surface area contributed by atoms with Gasteiger partial charge in [0.2, 0.25) is 0 Å². The van der Waals surface area contributed by atoms with Gasteiger partial charge in [0.1, 0.15) is 24.7 Å². The van der Waals surface area contributed by atoms with Crippen molar-refractivity contribution in [2.45, 2.75) is 26.1 Å². The summed E-state index contributed by atoms with van der Waals surface area (Å²) in [5.74, 6) is -0.310. The Kier molecular flexibility index (Phi) is 8.83. The predicted octanol–water partition coefficient (Wildman–Crippen LogP) is 4.72. The van der Waals surface area contributed by atoms with E-state index < -0.39 is 12.1 Å². The monoisotopic (exact) mass is 433 g/mol. The van der Waals surface area contributed by atoms with Crippen LogP contribution in [0.1, 0.15) is 23.6 Å². The van der Waals surface area contributed by atoms with Gasteiger partial charge in [-0.25, -0.2) is 4.79 Å². The molecular formula is C26H27NO5. The highest BCUT2D eigenvalue weighted by molar-refractivity contribution is 6.01. The van der Waals surface area contributed by atoms with Gasteiger partial charge in [-0.2, -0.15) is 0 Å². The standard InChI is InChI=1S/C26H27NO5/c1-2-30-25(26(28)29)17-20-13-15-23(16-14-20)31-19-24(22-11-7-4-8-12-22)27-32-18-21-9-5-3-6-10-21/h3-16,25H,2,17-19H2,1H3,(H,28,29)/b27-24+. The van der Waals surface area contributed by atoms with Gasteiger partial charge in [0.05, 0.1) is 0 Å². The first-order valence-corrected chi connectivity index (χ1v) is 10.5. The summed E-state index contributed by atoms with van der Waals surface area (Å²) in [5, 5.41) is 13.6. The van der Waals surface area contributed by atoms with Gasteiger partial charge in [0.15, 0.2) is 6.10 Å². The van der Waals surface area contributed by atoms with Gasteiger partial charge in [-0.1, -0.05) is 78.0 Å². The molecule has 166 valence electrons. The van der Waals surface area contributed by atoms with Crippen molar-refractivity contribution >= 4 is 11.7 Å². The molecule has 0 heterocycles. The molecule has 0 aliphatic heterocycles. The number of aliphatic carboxylic acids is 1. The minimum absolute atomic E-state index is 0.231. The number of hydrogen-bond donors (Lipinski definition) is 1.